The molecule has 1 saturated heterocycles. The summed E-state index contributed by atoms with van der Waals surface area (Å²) in [6.45, 7) is 4.97. The van der Waals surface area contributed by atoms with Gasteiger partial charge in [0.1, 0.15) is 0 Å². The third-order valence-electron chi connectivity index (χ3n) is 5.00. The van der Waals surface area contributed by atoms with Gasteiger partial charge in [0.15, 0.2) is 0 Å². The zero-order valence-electron chi connectivity index (χ0n) is 16.1. The molecule has 0 aliphatic carbocycles. The van der Waals surface area contributed by atoms with Gasteiger partial charge in [0, 0.05) is 38.8 Å². The van der Waals surface area contributed by atoms with E-state index in [0.29, 0.717) is 18.2 Å². The predicted octanol–water partition coefficient (Wildman–Crippen LogP) is 2.32. The Hall–Kier alpha value is -1.44. The van der Waals surface area contributed by atoms with Gasteiger partial charge in [-0.3, -0.25) is 4.79 Å². The van der Waals surface area contributed by atoms with E-state index in [9.17, 15) is 13.2 Å². The maximum absolute atomic E-state index is 12.3. The van der Waals surface area contributed by atoms with E-state index in [2.05, 4.69) is 17.1 Å². The Morgan fingerprint density at radius 3 is 2.77 bits per heavy atom. The number of carbonyl (C=O) groups is 1. The van der Waals surface area contributed by atoms with Crippen LogP contribution in [0.1, 0.15) is 49.4 Å². The molecule has 0 aromatic heterocycles. The first-order valence-corrected chi connectivity index (χ1v) is 10.8. The highest BCUT2D eigenvalue weighted by Crippen LogP contribution is 2.19. The van der Waals surface area contributed by atoms with Gasteiger partial charge >= 0.3 is 0 Å². The van der Waals surface area contributed by atoms with E-state index in [1.807, 2.05) is 0 Å². The average molecular weight is 382 g/mol. The highest BCUT2D eigenvalue weighted by atomic mass is 32.2. The Kier molecular flexibility index (Phi) is 7.61. The van der Waals surface area contributed by atoms with Crippen LogP contribution in [0.5, 0.6) is 0 Å². The third kappa shape index (κ3) is 5.28. The van der Waals surface area contributed by atoms with E-state index in [-0.39, 0.29) is 10.8 Å². The van der Waals surface area contributed by atoms with Crippen LogP contribution in [0.25, 0.3) is 0 Å². The van der Waals surface area contributed by atoms with Crippen molar-refractivity contribution in [3.05, 3.63) is 29.8 Å². The number of hydrogen-bond donors (Lipinski definition) is 1. The van der Waals surface area contributed by atoms with Crippen LogP contribution in [-0.4, -0.2) is 63.3 Å². The lowest BCUT2D eigenvalue weighted by Gasteiger charge is -2.35. The van der Waals surface area contributed by atoms with E-state index in [4.69, 9.17) is 0 Å². The van der Waals surface area contributed by atoms with Crippen molar-refractivity contribution in [1.29, 1.82) is 0 Å². The van der Waals surface area contributed by atoms with Gasteiger partial charge in [-0.1, -0.05) is 19.4 Å². The number of nitrogens with one attached hydrogen (secondary N) is 1. The number of likely N-dealkylation sites (tertiary alicyclic amines) is 1. The number of sulfonamides is 1. The first-order chi connectivity index (χ1) is 12.4. The molecule has 1 aliphatic rings. The monoisotopic (exact) mass is 381 g/mol. The van der Waals surface area contributed by atoms with Crippen LogP contribution in [0.4, 0.5) is 0 Å². The summed E-state index contributed by atoms with van der Waals surface area (Å²) in [7, 11) is -0.578. The number of carbonyl (C=O) groups excluding carboxylic acids is 1. The first kappa shape index (κ1) is 20.9. The second-order valence-electron chi connectivity index (χ2n) is 7.02. The minimum absolute atomic E-state index is 0.134. The van der Waals surface area contributed by atoms with Crippen LogP contribution >= 0.6 is 0 Å². The van der Waals surface area contributed by atoms with Crippen LogP contribution in [0.15, 0.2) is 29.2 Å². The molecule has 1 unspecified atom stereocenters. The molecular weight excluding hydrogens is 350 g/mol. The van der Waals surface area contributed by atoms with Crippen LogP contribution in [0.3, 0.4) is 0 Å². The predicted molar refractivity (Wildman–Crippen MR) is 104 cm³/mol. The minimum atomic E-state index is -3.54. The van der Waals surface area contributed by atoms with Gasteiger partial charge in [0.2, 0.25) is 10.0 Å². The zero-order valence-corrected chi connectivity index (χ0v) is 16.9. The molecule has 1 aliphatic heterocycles. The van der Waals surface area contributed by atoms with Crippen LogP contribution in [0, 0.1) is 0 Å². The van der Waals surface area contributed by atoms with Crippen molar-refractivity contribution in [2.75, 3.05) is 33.7 Å². The van der Waals surface area contributed by atoms with Crippen molar-refractivity contribution in [2.45, 2.75) is 50.0 Å². The largest absolute Gasteiger partial charge is 0.352 e. The summed E-state index contributed by atoms with van der Waals surface area (Å²) < 4.78 is 25.5. The van der Waals surface area contributed by atoms with Gasteiger partial charge in [0.25, 0.3) is 5.91 Å². The topological polar surface area (TPSA) is 69.7 Å². The Morgan fingerprint density at radius 1 is 1.31 bits per heavy atom. The molecule has 1 N–H and O–H groups in total. The number of nitrogens with zero attached hydrogens (tertiary/aromatic N) is 2. The second kappa shape index (κ2) is 9.48. The van der Waals surface area contributed by atoms with Gasteiger partial charge in [-0.15, -0.1) is 0 Å². The number of amides is 1. The zero-order chi connectivity index (χ0) is 19.2. The van der Waals surface area contributed by atoms with Crippen molar-refractivity contribution in [2.24, 2.45) is 0 Å². The molecule has 1 heterocycles. The SMILES string of the molecule is CCC1CCCCN1CCCNC(=O)c1cccc(S(=O)(=O)N(C)C)c1. The molecule has 1 fully saturated rings. The van der Waals surface area contributed by atoms with Gasteiger partial charge in [0.05, 0.1) is 4.90 Å². The molecule has 2 rings (SSSR count). The minimum Gasteiger partial charge on any atom is -0.352 e. The highest BCUT2D eigenvalue weighted by molar-refractivity contribution is 7.89. The Morgan fingerprint density at radius 2 is 2.08 bits per heavy atom. The molecule has 0 radical (unpaired) electrons. The third-order valence-corrected chi connectivity index (χ3v) is 6.81. The maximum atomic E-state index is 12.3. The second-order valence-corrected chi connectivity index (χ2v) is 9.17. The summed E-state index contributed by atoms with van der Waals surface area (Å²) >= 11 is 0. The van der Waals surface area contributed by atoms with Crippen molar-refractivity contribution in [3.8, 4) is 0 Å². The summed E-state index contributed by atoms with van der Waals surface area (Å²) in [6.07, 6.45) is 5.93. The first-order valence-electron chi connectivity index (χ1n) is 9.41. The lowest BCUT2D eigenvalue weighted by Crippen LogP contribution is -2.40. The van der Waals surface area contributed by atoms with Crippen LogP contribution in [0.2, 0.25) is 0 Å². The molecule has 0 saturated carbocycles. The number of hydrogen-bond acceptors (Lipinski definition) is 4. The fourth-order valence-electron chi connectivity index (χ4n) is 3.41. The fourth-order valence-corrected chi connectivity index (χ4v) is 4.36. The molecule has 146 valence electrons. The molecule has 0 spiro atoms. The Labute approximate surface area is 157 Å². The Balaban J connectivity index is 1.86. The molecule has 1 aromatic carbocycles. The van der Waals surface area contributed by atoms with E-state index >= 15 is 0 Å². The van der Waals surface area contributed by atoms with Gasteiger partial charge < -0.3 is 10.2 Å². The summed E-state index contributed by atoms with van der Waals surface area (Å²) in [5.74, 6) is -0.230. The number of piperidine rings is 1. The normalized spacial score (nSPS) is 18.8. The molecule has 0 bridgehead atoms. The standard InChI is InChI=1S/C19H31N3O3S/c1-4-17-10-5-6-13-22(17)14-8-12-20-19(23)16-9-7-11-18(15-16)26(24,25)21(2)3/h7,9,11,15,17H,4-6,8,10,12-14H2,1-3H3,(H,20,23). The van der Waals surface area contributed by atoms with Crippen LogP contribution < -0.4 is 5.32 Å². The van der Waals surface area contributed by atoms with E-state index < -0.39 is 10.0 Å². The summed E-state index contributed by atoms with van der Waals surface area (Å²) in [5.41, 5.74) is 0.373. The van der Waals surface area contributed by atoms with Crippen molar-refractivity contribution in [3.63, 3.8) is 0 Å². The fraction of sp³-hybridized carbons (Fsp3) is 0.632. The number of rotatable bonds is 8. The van der Waals surface area contributed by atoms with Gasteiger partial charge in [-0.2, -0.15) is 0 Å². The molecule has 1 aromatic rings. The molecule has 7 heteroatoms. The van der Waals surface area contributed by atoms with Gasteiger partial charge in [-0.25, -0.2) is 12.7 Å². The molecule has 1 amide bonds. The highest BCUT2D eigenvalue weighted by Gasteiger charge is 2.20. The van der Waals surface area contributed by atoms with E-state index in [1.54, 1.807) is 12.1 Å². The average Bonchev–Trinajstić information content (AvgIpc) is 2.65. The maximum Gasteiger partial charge on any atom is 0.251 e. The van der Waals surface area contributed by atoms with Gasteiger partial charge in [-0.05, 0) is 50.4 Å². The van der Waals surface area contributed by atoms with Crippen molar-refractivity contribution >= 4 is 15.9 Å². The number of benzene rings is 1. The van der Waals surface area contributed by atoms with E-state index in [1.165, 1.54) is 51.9 Å². The van der Waals surface area contributed by atoms with Crippen LogP contribution in [-0.2, 0) is 10.0 Å². The molecule has 26 heavy (non-hydrogen) atoms. The summed E-state index contributed by atoms with van der Waals surface area (Å²) in [5, 5.41) is 2.91. The molecule has 1 atom stereocenters. The summed E-state index contributed by atoms with van der Waals surface area (Å²) in [6, 6.07) is 6.86. The molecule has 6 nitrogen and oxygen atoms in total. The van der Waals surface area contributed by atoms with Crippen molar-refractivity contribution in [1.82, 2.24) is 14.5 Å². The van der Waals surface area contributed by atoms with E-state index in [0.717, 1.165) is 23.8 Å². The Bertz CT molecular complexity index is 704. The van der Waals surface area contributed by atoms with Crippen molar-refractivity contribution < 1.29 is 13.2 Å². The lowest BCUT2D eigenvalue weighted by atomic mass is 10.00. The smallest absolute Gasteiger partial charge is 0.251 e. The molecular formula is C19H31N3O3S. The lowest BCUT2D eigenvalue weighted by molar-refractivity contribution is 0.0947. The quantitative estimate of drug-likeness (QED) is 0.702. The summed E-state index contributed by atoms with van der Waals surface area (Å²) in [4.78, 5) is 15.0.